The van der Waals surface area contributed by atoms with Gasteiger partial charge in [0.05, 0.1) is 5.92 Å². The number of carbonyl (C=O) groups is 2. The van der Waals surface area contributed by atoms with Crippen LogP contribution in [0, 0.1) is 18.8 Å². The number of likely N-dealkylation sites (tertiary alicyclic amines) is 2. The Morgan fingerprint density at radius 3 is 2.54 bits per heavy atom. The molecule has 1 aliphatic carbocycles. The molecule has 4 rings (SSSR count). The van der Waals surface area contributed by atoms with Gasteiger partial charge in [0.25, 0.3) is 0 Å². The van der Waals surface area contributed by atoms with Gasteiger partial charge in [-0.2, -0.15) is 0 Å². The molecule has 0 bridgehead atoms. The Hall–Kier alpha value is -1.88. The fourth-order valence-electron chi connectivity index (χ4n) is 4.75. The van der Waals surface area contributed by atoms with Crippen molar-refractivity contribution in [1.82, 2.24) is 15.1 Å². The van der Waals surface area contributed by atoms with Gasteiger partial charge in [-0.25, -0.2) is 0 Å². The molecule has 1 N–H and O–H groups in total. The number of piperidine rings is 2. The Morgan fingerprint density at radius 2 is 1.82 bits per heavy atom. The lowest BCUT2D eigenvalue weighted by molar-refractivity contribution is -0.134. The van der Waals surface area contributed by atoms with Crippen molar-refractivity contribution in [3.8, 4) is 0 Å². The number of aryl methyl sites for hydroxylation is 1. The largest absolute Gasteiger partial charge is 0.352 e. The Labute approximate surface area is 168 Å². The summed E-state index contributed by atoms with van der Waals surface area (Å²) < 4.78 is 0. The fourth-order valence-corrected chi connectivity index (χ4v) is 4.75. The van der Waals surface area contributed by atoms with Crippen molar-refractivity contribution in [2.24, 2.45) is 11.8 Å². The van der Waals surface area contributed by atoms with E-state index in [1.54, 1.807) is 0 Å². The Bertz CT molecular complexity index is 708. The average Bonchev–Trinajstić information content (AvgIpc) is 3.57. The summed E-state index contributed by atoms with van der Waals surface area (Å²) >= 11 is 0. The summed E-state index contributed by atoms with van der Waals surface area (Å²) in [4.78, 5) is 29.6. The van der Waals surface area contributed by atoms with Crippen molar-refractivity contribution in [3.63, 3.8) is 0 Å². The second-order valence-corrected chi connectivity index (χ2v) is 8.87. The number of hydrogen-bond acceptors (Lipinski definition) is 3. The maximum atomic E-state index is 12.7. The van der Waals surface area contributed by atoms with Crippen LogP contribution in [0.1, 0.15) is 49.7 Å². The number of benzene rings is 1. The van der Waals surface area contributed by atoms with Gasteiger partial charge in [0.15, 0.2) is 0 Å². The van der Waals surface area contributed by atoms with E-state index in [9.17, 15) is 9.59 Å². The van der Waals surface area contributed by atoms with E-state index in [1.807, 2.05) is 6.07 Å². The minimum Gasteiger partial charge on any atom is -0.352 e. The lowest BCUT2D eigenvalue weighted by Gasteiger charge is -2.42. The zero-order chi connectivity index (χ0) is 19.5. The normalized spacial score (nSPS) is 24.2. The lowest BCUT2D eigenvalue weighted by Crippen LogP contribution is -2.51. The maximum absolute atomic E-state index is 12.7. The zero-order valence-electron chi connectivity index (χ0n) is 17.0. The van der Waals surface area contributed by atoms with Crippen molar-refractivity contribution >= 4 is 11.8 Å². The van der Waals surface area contributed by atoms with Gasteiger partial charge in [0, 0.05) is 38.1 Å². The van der Waals surface area contributed by atoms with Crippen LogP contribution in [0.2, 0.25) is 0 Å². The monoisotopic (exact) mass is 383 g/mol. The van der Waals surface area contributed by atoms with E-state index in [0.29, 0.717) is 24.4 Å². The number of amides is 2. The second-order valence-electron chi connectivity index (χ2n) is 8.87. The standard InChI is InChI=1S/C23H33N3O2/c1-17-4-2-5-18(14-17)15-24-22(27)20-6-3-11-26(16-20)21-9-12-25(13-10-21)23(28)19-7-8-19/h2,4-5,14,19-21H,3,6-13,15-16H2,1H3,(H,24,27)/t20-/m1/s1. The fraction of sp³-hybridized carbons (Fsp3) is 0.652. The minimum atomic E-state index is 0.0877. The number of carbonyl (C=O) groups excluding carboxylic acids is 2. The summed E-state index contributed by atoms with van der Waals surface area (Å²) in [7, 11) is 0. The first-order chi connectivity index (χ1) is 13.6. The summed E-state index contributed by atoms with van der Waals surface area (Å²) in [5, 5.41) is 3.14. The molecule has 28 heavy (non-hydrogen) atoms. The third-order valence-corrected chi connectivity index (χ3v) is 6.59. The van der Waals surface area contributed by atoms with E-state index in [-0.39, 0.29) is 11.8 Å². The van der Waals surface area contributed by atoms with Crippen LogP contribution in [0.4, 0.5) is 0 Å². The molecule has 2 saturated heterocycles. The summed E-state index contributed by atoms with van der Waals surface area (Å²) in [5.74, 6) is 0.982. The topological polar surface area (TPSA) is 52.7 Å². The predicted octanol–water partition coefficient (Wildman–Crippen LogP) is 2.72. The number of rotatable bonds is 5. The van der Waals surface area contributed by atoms with Crippen LogP contribution in [-0.4, -0.2) is 53.8 Å². The molecule has 3 fully saturated rings. The van der Waals surface area contributed by atoms with E-state index < -0.39 is 0 Å². The van der Waals surface area contributed by atoms with Crippen molar-refractivity contribution in [2.45, 2.75) is 58.0 Å². The molecule has 2 amide bonds. The van der Waals surface area contributed by atoms with Gasteiger partial charge in [0.1, 0.15) is 0 Å². The van der Waals surface area contributed by atoms with Crippen molar-refractivity contribution < 1.29 is 9.59 Å². The van der Waals surface area contributed by atoms with Crippen LogP contribution in [-0.2, 0) is 16.1 Å². The van der Waals surface area contributed by atoms with Crippen LogP contribution in [0.5, 0.6) is 0 Å². The third-order valence-electron chi connectivity index (χ3n) is 6.59. The molecule has 3 aliphatic rings. The average molecular weight is 384 g/mol. The predicted molar refractivity (Wildman–Crippen MR) is 110 cm³/mol. The number of hydrogen-bond donors (Lipinski definition) is 1. The molecule has 1 saturated carbocycles. The highest BCUT2D eigenvalue weighted by Crippen LogP contribution is 2.32. The van der Waals surface area contributed by atoms with E-state index in [0.717, 1.165) is 70.3 Å². The molecule has 152 valence electrons. The Balaban J connectivity index is 1.24. The molecule has 1 atom stereocenters. The van der Waals surface area contributed by atoms with Crippen LogP contribution >= 0.6 is 0 Å². The first-order valence-corrected chi connectivity index (χ1v) is 11.0. The number of nitrogens with zero attached hydrogens (tertiary/aromatic N) is 2. The van der Waals surface area contributed by atoms with Crippen LogP contribution in [0.25, 0.3) is 0 Å². The van der Waals surface area contributed by atoms with Gasteiger partial charge < -0.3 is 10.2 Å². The van der Waals surface area contributed by atoms with Crippen molar-refractivity contribution in [1.29, 1.82) is 0 Å². The molecule has 1 aromatic carbocycles. The van der Waals surface area contributed by atoms with E-state index in [2.05, 4.69) is 40.2 Å². The molecule has 0 spiro atoms. The van der Waals surface area contributed by atoms with Gasteiger partial charge in [-0.15, -0.1) is 0 Å². The van der Waals surface area contributed by atoms with E-state index in [4.69, 9.17) is 0 Å². The van der Waals surface area contributed by atoms with Crippen molar-refractivity contribution in [3.05, 3.63) is 35.4 Å². The highest BCUT2D eigenvalue weighted by molar-refractivity contribution is 5.81. The molecule has 0 radical (unpaired) electrons. The highest BCUT2D eigenvalue weighted by Gasteiger charge is 2.37. The van der Waals surface area contributed by atoms with Gasteiger partial charge in [-0.1, -0.05) is 29.8 Å². The lowest BCUT2D eigenvalue weighted by atomic mass is 9.93. The van der Waals surface area contributed by atoms with Gasteiger partial charge in [-0.3, -0.25) is 14.5 Å². The highest BCUT2D eigenvalue weighted by atomic mass is 16.2. The zero-order valence-corrected chi connectivity index (χ0v) is 17.0. The minimum absolute atomic E-state index is 0.0877. The molecule has 0 unspecified atom stereocenters. The second kappa shape index (κ2) is 8.64. The molecule has 1 aromatic rings. The van der Waals surface area contributed by atoms with Gasteiger partial charge in [0.2, 0.25) is 11.8 Å². The van der Waals surface area contributed by atoms with Crippen LogP contribution < -0.4 is 5.32 Å². The Kier molecular flexibility index (Phi) is 6.00. The molecule has 5 heteroatoms. The smallest absolute Gasteiger partial charge is 0.225 e. The third kappa shape index (κ3) is 4.75. The van der Waals surface area contributed by atoms with Gasteiger partial charge >= 0.3 is 0 Å². The van der Waals surface area contributed by atoms with Gasteiger partial charge in [-0.05, 0) is 57.6 Å². The summed E-state index contributed by atoms with van der Waals surface area (Å²) in [6.07, 6.45) is 6.35. The quantitative estimate of drug-likeness (QED) is 0.851. The molecule has 2 heterocycles. The van der Waals surface area contributed by atoms with E-state index >= 15 is 0 Å². The SMILES string of the molecule is Cc1cccc(CNC(=O)[C@@H]2CCCN(C3CCN(C(=O)C4CC4)CC3)C2)c1. The molecule has 2 aliphatic heterocycles. The molecule has 5 nitrogen and oxygen atoms in total. The first kappa shape index (κ1) is 19.4. The summed E-state index contributed by atoms with van der Waals surface area (Å²) in [5.41, 5.74) is 2.39. The summed E-state index contributed by atoms with van der Waals surface area (Å²) in [6.45, 7) is 6.41. The number of nitrogens with one attached hydrogen (secondary N) is 1. The first-order valence-electron chi connectivity index (χ1n) is 11.0. The molecular formula is C23H33N3O2. The molecular weight excluding hydrogens is 350 g/mol. The maximum Gasteiger partial charge on any atom is 0.225 e. The van der Waals surface area contributed by atoms with Crippen LogP contribution in [0.3, 0.4) is 0 Å². The molecule has 0 aromatic heterocycles. The van der Waals surface area contributed by atoms with Crippen LogP contribution in [0.15, 0.2) is 24.3 Å². The Morgan fingerprint density at radius 1 is 1.04 bits per heavy atom. The summed E-state index contributed by atoms with van der Waals surface area (Å²) in [6, 6.07) is 8.84. The van der Waals surface area contributed by atoms with Crippen molar-refractivity contribution in [2.75, 3.05) is 26.2 Å². The van der Waals surface area contributed by atoms with E-state index in [1.165, 1.54) is 5.56 Å².